The Labute approximate surface area is 81.6 Å². The van der Waals surface area contributed by atoms with Crippen molar-refractivity contribution in [1.82, 2.24) is 19.7 Å². The van der Waals surface area contributed by atoms with Crippen LogP contribution >= 0.6 is 0 Å². The number of rotatable bonds is 2. The first-order chi connectivity index (χ1) is 6.81. The lowest BCUT2D eigenvalue weighted by Gasteiger charge is -2.03. The van der Waals surface area contributed by atoms with Gasteiger partial charge in [-0.05, 0) is 18.6 Å². The van der Waals surface area contributed by atoms with Crippen LogP contribution in [-0.4, -0.2) is 19.7 Å². The van der Waals surface area contributed by atoms with Crippen LogP contribution in [0.1, 0.15) is 12.6 Å². The predicted molar refractivity (Wildman–Crippen MR) is 52.9 cm³/mol. The summed E-state index contributed by atoms with van der Waals surface area (Å²) in [5.41, 5.74) is 6.63. The zero-order valence-electron chi connectivity index (χ0n) is 7.88. The number of hydrogen-bond donors (Lipinski definition) is 1. The Morgan fingerprint density at radius 3 is 2.93 bits per heavy atom. The molecule has 72 valence electrons. The van der Waals surface area contributed by atoms with Crippen LogP contribution in [0.2, 0.25) is 0 Å². The third-order valence-electron chi connectivity index (χ3n) is 1.94. The van der Waals surface area contributed by atoms with Crippen molar-refractivity contribution in [2.24, 2.45) is 0 Å². The Balaban J connectivity index is 2.49. The van der Waals surface area contributed by atoms with Gasteiger partial charge in [-0.15, -0.1) is 0 Å². The maximum absolute atomic E-state index is 5.56. The second-order valence-corrected chi connectivity index (χ2v) is 2.87. The molecule has 0 bridgehead atoms. The zero-order valence-corrected chi connectivity index (χ0v) is 7.88. The molecule has 0 aromatic carbocycles. The Morgan fingerprint density at radius 2 is 2.21 bits per heavy atom. The summed E-state index contributed by atoms with van der Waals surface area (Å²) in [6.07, 6.45) is 4.24. The normalized spacial score (nSPS) is 10.4. The lowest BCUT2D eigenvalue weighted by Crippen LogP contribution is -2.07. The minimum Gasteiger partial charge on any atom is -0.384 e. The smallest absolute Gasteiger partial charge is 0.252 e. The van der Waals surface area contributed by atoms with Crippen LogP contribution < -0.4 is 5.73 Å². The van der Waals surface area contributed by atoms with Crippen molar-refractivity contribution in [3.05, 3.63) is 30.2 Å². The van der Waals surface area contributed by atoms with Crippen molar-refractivity contribution in [3.63, 3.8) is 0 Å². The molecule has 5 heteroatoms. The van der Waals surface area contributed by atoms with Crippen LogP contribution in [0, 0.1) is 0 Å². The molecular weight excluding hydrogens is 178 g/mol. The van der Waals surface area contributed by atoms with Gasteiger partial charge in [0, 0.05) is 18.1 Å². The first-order valence-corrected chi connectivity index (χ1v) is 4.43. The largest absolute Gasteiger partial charge is 0.384 e. The summed E-state index contributed by atoms with van der Waals surface area (Å²) in [7, 11) is 0. The molecule has 0 amide bonds. The number of nitrogens with zero attached hydrogens (tertiary/aromatic N) is 4. The summed E-state index contributed by atoms with van der Waals surface area (Å²) in [5.74, 6) is 0.972. The van der Waals surface area contributed by atoms with Crippen molar-refractivity contribution in [1.29, 1.82) is 0 Å². The number of anilines is 1. The maximum Gasteiger partial charge on any atom is 0.252 e. The highest BCUT2D eigenvalue weighted by Gasteiger charge is 2.05. The lowest BCUT2D eigenvalue weighted by molar-refractivity contribution is 0.762. The number of hydrogen-bond acceptors (Lipinski definition) is 4. The van der Waals surface area contributed by atoms with Crippen molar-refractivity contribution < 1.29 is 0 Å². The van der Waals surface area contributed by atoms with E-state index < -0.39 is 0 Å². The fraction of sp³-hybridized carbons (Fsp3) is 0.222. The second-order valence-electron chi connectivity index (χ2n) is 2.87. The molecule has 2 N–H and O–H groups in total. The van der Waals surface area contributed by atoms with Gasteiger partial charge in [0.1, 0.15) is 5.82 Å². The average Bonchev–Trinajstić information content (AvgIpc) is 2.65. The Hall–Kier alpha value is -1.91. The molecule has 2 rings (SSSR count). The Bertz CT molecular complexity index is 434. The SMILES string of the molecule is CCc1ccnn1-c1nccc(N)n1. The summed E-state index contributed by atoms with van der Waals surface area (Å²) < 4.78 is 1.69. The van der Waals surface area contributed by atoms with E-state index in [1.807, 2.05) is 6.07 Å². The van der Waals surface area contributed by atoms with Crippen molar-refractivity contribution in [2.75, 3.05) is 5.73 Å². The molecule has 0 fully saturated rings. The first kappa shape index (κ1) is 8.68. The molecule has 0 saturated carbocycles. The minimum atomic E-state index is 0.451. The van der Waals surface area contributed by atoms with Gasteiger partial charge < -0.3 is 5.73 Å². The molecule has 2 aromatic heterocycles. The van der Waals surface area contributed by atoms with Crippen LogP contribution in [0.15, 0.2) is 24.5 Å². The van der Waals surface area contributed by atoms with Gasteiger partial charge >= 0.3 is 0 Å². The van der Waals surface area contributed by atoms with E-state index in [2.05, 4.69) is 22.0 Å². The molecule has 2 heterocycles. The lowest BCUT2D eigenvalue weighted by atomic mass is 10.3. The van der Waals surface area contributed by atoms with Gasteiger partial charge in [0.15, 0.2) is 0 Å². The quantitative estimate of drug-likeness (QED) is 0.758. The average molecular weight is 189 g/mol. The highest BCUT2D eigenvalue weighted by molar-refractivity contribution is 5.30. The Kier molecular flexibility index (Phi) is 2.14. The minimum absolute atomic E-state index is 0.451. The zero-order chi connectivity index (χ0) is 9.97. The van der Waals surface area contributed by atoms with Crippen LogP contribution in [0.4, 0.5) is 5.82 Å². The van der Waals surface area contributed by atoms with E-state index >= 15 is 0 Å². The highest BCUT2D eigenvalue weighted by atomic mass is 15.3. The van der Waals surface area contributed by atoms with Crippen molar-refractivity contribution in [3.8, 4) is 5.95 Å². The van der Waals surface area contributed by atoms with E-state index in [9.17, 15) is 0 Å². The third kappa shape index (κ3) is 1.44. The molecule has 0 spiro atoms. The molecule has 0 aliphatic carbocycles. The van der Waals surface area contributed by atoms with E-state index in [1.54, 1.807) is 23.1 Å². The summed E-state index contributed by atoms with van der Waals surface area (Å²) >= 11 is 0. The molecule has 0 atom stereocenters. The third-order valence-corrected chi connectivity index (χ3v) is 1.94. The van der Waals surface area contributed by atoms with E-state index in [-0.39, 0.29) is 0 Å². The van der Waals surface area contributed by atoms with Gasteiger partial charge in [-0.3, -0.25) is 0 Å². The molecule has 5 nitrogen and oxygen atoms in total. The summed E-state index contributed by atoms with van der Waals surface area (Å²) in [4.78, 5) is 8.19. The predicted octanol–water partition coefficient (Wildman–Crippen LogP) is 0.807. The van der Waals surface area contributed by atoms with Crippen molar-refractivity contribution in [2.45, 2.75) is 13.3 Å². The van der Waals surface area contributed by atoms with Gasteiger partial charge in [-0.2, -0.15) is 10.1 Å². The summed E-state index contributed by atoms with van der Waals surface area (Å²) in [6.45, 7) is 2.06. The molecule has 14 heavy (non-hydrogen) atoms. The van der Waals surface area contributed by atoms with Crippen LogP contribution in [0.25, 0.3) is 5.95 Å². The molecule has 0 radical (unpaired) electrons. The maximum atomic E-state index is 5.56. The first-order valence-electron chi connectivity index (χ1n) is 4.43. The van der Waals surface area contributed by atoms with Gasteiger partial charge in [0.25, 0.3) is 5.95 Å². The van der Waals surface area contributed by atoms with Crippen LogP contribution in [-0.2, 0) is 6.42 Å². The summed E-state index contributed by atoms with van der Waals surface area (Å²) in [5, 5.41) is 4.13. The molecular formula is C9H11N5. The van der Waals surface area contributed by atoms with Gasteiger partial charge in [-0.25, -0.2) is 9.67 Å². The molecule has 0 aliphatic heterocycles. The fourth-order valence-corrected chi connectivity index (χ4v) is 1.24. The van der Waals surface area contributed by atoms with Gasteiger partial charge in [0.05, 0.1) is 0 Å². The van der Waals surface area contributed by atoms with E-state index in [1.165, 1.54) is 0 Å². The fourth-order valence-electron chi connectivity index (χ4n) is 1.24. The molecule has 0 aliphatic rings. The van der Waals surface area contributed by atoms with Gasteiger partial charge in [0.2, 0.25) is 0 Å². The Morgan fingerprint density at radius 1 is 1.36 bits per heavy atom. The topological polar surface area (TPSA) is 69.6 Å². The number of aromatic nitrogens is 4. The number of nitrogen functional groups attached to an aromatic ring is 1. The highest BCUT2D eigenvalue weighted by Crippen LogP contribution is 2.06. The van der Waals surface area contributed by atoms with Gasteiger partial charge in [-0.1, -0.05) is 6.92 Å². The molecule has 0 saturated heterocycles. The molecule has 2 aromatic rings. The number of aryl methyl sites for hydroxylation is 1. The summed E-state index contributed by atoms with van der Waals surface area (Å²) in [6, 6.07) is 3.59. The van der Waals surface area contributed by atoms with E-state index in [4.69, 9.17) is 5.73 Å². The monoisotopic (exact) mass is 189 g/mol. The van der Waals surface area contributed by atoms with Crippen LogP contribution in [0.3, 0.4) is 0 Å². The molecule has 0 unspecified atom stereocenters. The van der Waals surface area contributed by atoms with E-state index in [0.717, 1.165) is 12.1 Å². The van der Waals surface area contributed by atoms with E-state index in [0.29, 0.717) is 11.8 Å². The standard InChI is InChI=1S/C9H11N5/c1-2-7-3-6-12-14(7)9-11-5-4-8(10)13-9/h3-6H,2H2,1H3,(H2,10,11,13). The number of nitrogens with two attached hydrogens (primary N) is 1. The van der Waals surface area contributed by atoms with Crippen molar-refractivity contribution >= 4 is 5.82 Å². The second kappa shape index (κ2) is 3.45. The van der Waals surface area contributed by atoms with Crippen LogP contribution in [0.5, 0.6) is 0 Å².